The van der Waals surface area contributed by atoms with Crippen LogP contribution in [0.4, 0.5) is 13.2 Å². The summed E-state index contributed by atoms with van der Waals surface area (Å²) in [6.45, 7) is 1.47. The second kappa shape index (κ2) is 12.0. The van der Waals surface area contributed by atoms with Gasteiger partial charge in [0.25, 0.3) is 5.91 Å². The summed E-state index contributed by atoms with van der Waals surface area (Å²) in [6.07, 6.45) is -0.511. The molecule has 2 N–H and O–H groups in total. The molecule has 2 fully saturated rings. The Hall–Kier alpha value is -3.48. The second-order valence-corrected chi connectivity index (χ2v) is 9.11. The summed E-state index contributed by atoms with van der Waals surface area (Å²) >= 11 is 1.39. The Morgan fingerprint density at radius 3 is 2.28 bits per heavy atom. The number of nitrogens with zero attached hydrogens (tertiary/aromatic N) is 3. The Bertz CT molecular complexity index is 1070. The molecule has 2 aliphatic rings. The molecule has 2 saturated heterocycles. The van der Waals surface area contributed by atoms with Crippen molar-refractivity contribution in [2.75, 3.05) is 13.1 Å². The van der Waals surface area contributed by atoms with Crippen molar-refractivity contribution in [1.29, 1.82) is 0 Å². The van der Waals surface area contributed by atoms with Crippen LogP contribution >= 0.6 is 11.3 Å². The molecule has 4 rings (SSSR count). The SMILES string of the molecule is O=C(NCc1ccccn1)[C@@H]1CCCN1C(=O)[C@@H]1CCCN1C(=O)c1cccs1.O=C(O)C(F)(F)F. The lowest BCUT2D eigenvalue weighted by molar-refractivity contribution is -0.192. The molecule has 13 heteroatoms. The van der Waals surface area contributed by atoms with Crippen LogP contribution in [0, 0.1) is 0 Å². The van der Waals surface area contributed by atoms with Gasteiger partial charge in [0.05, 0.1) is 17.1 Å². The van der Waals surface area contributed by atoms with Gasteiger partial charge in [-0.1, -0.05) is 12.1 Å². The number of pyridine rings is 1. The number of alkyl halides is 3. The highest BCUT2D eigenvalue weighted by Gasteiger charge is 2.42. The van der Waals surface area contributed by atoms with E-state index in [9.17, 15) is 27.6 Å². The molecule has 0 radical (unpaired) electrons. The van der Waals surface area contributed by atoms with Crippen molar-refractivity contribution in [3.05, 3.63) is 52.5 Å². The first kappa shape index (κ1) is 27.1. The van der Waals surface area contributed by atoms with Crippen molar-refractivity contribution in [2.24, 2.45) is 0 Å². The summed E-state index contributed by atoms with van der Waals surface area (Å²) < 4.78 is 31.7. The zero-order valence-electron chi connectivity index (χ0n) is 19.1. The van der Waals surface area contributed by atoms with E-state index in [4.69, 9.17) is 9.90 Å². The number of hydrogen-bond acceptors (Lipinski definition) is 6. The Morgan fingerprint density at radius 2 is 1.69 bits per heavy atom. The number of carbonyl (C=O) groups is 4. The number of halogens is 3. The number of likely N-dealkylation sites (tertiary alicyclic amines) is 2. The number of rotatable bonds is 5. The molecule has 0 bridgehead atoms. The van der Waals surface area contributed by atoms with Crippen LogP contribution in [0.3, 0.4) is 0 Å². The third-order valence-electron chi connectivity index (χ3n) is 5.78. The molecule has 4 heterocycles. The summed E-state index contributed by atoms with van der Waals surface area (Å²) in [7, 11) is 0. The number of nitrogens with one attached hydrogen (secondary N) is 1. The number of thiophene rings is 1. The highest BCUT2D eigenvalue weighted by molar-refractivity contribution is 7.12. The zero-order valence-corrected chi connectivity index (χ0v) is 19.9. The van der Waals surface area contributed by atoms with Crippen molar-refractivity contribution in [2.45, 2.75) is 50.5 Å². The van der Waals surface area contributed by atoms with E-state index in [0.29, 0.717) is 37.4 Å². The fraction of sp³-hybridized carbons (Fsp3) is 0.435. The highest BCUT2D eigenvalue weighted by Crippen LogP contribution is 2.27. The Balaban J connectivity index is 0.000000454. The van der Waals surface area contributed by atoms with Crippen molar-refractivity contribution in [3.63, 3.8) is 0 Å². The summed E-state index contributed by atoms with van der Waals surface area (Å²) in [5.74, 6) is -3.11. The van der Waals surface area contributed by atoms with Gasteiger partial charge in [-0.3, -0.25) is 19.4 Å². The van der Waals surface area contributed by atoms with Gasteiger partial charge in [-0.25, -0.2) is 4.79 Å². The van der Waals surface area contributed by atoms with Gasteiger partial charge in [0.15, 0.2) is 0 Å². The summed E-state index contributed by atoms with van der Waals surface area (Å²) in [5.41, 5.74) is 0.778. The molecule has 0 unspecified atom stereocenters. The molecule has 2 aromatic heterocycles. The van der Waals surface area contributed by atoms with E-state index in [-0.39, 0.29) is 17.7 Å². The molecule has 2 atom stereocenters. The van der Waals surface area contributed by atoms with Gasteiger partial charge in [-0.15, -0.1) is 11.3 Å². The van der Waals surface area contributed by atoms with Gasteiger partial charge in [-0.2, -0.15) is 13.2 Å². The molecule has 2 aromatic rings. The summed E-state index contributed by atoms with van der Waals surface area (Å²) in [6, 6.07) is 8.22. The van der Waals surface area contributed by atoms with E-state index in [0.717, 1.165) is 18.5 Å². The molecule has 194 valence electrons. The van der Waals surface area contributed by atoms with Gasteiger partial charge in [0, 0.05) is 19.3 Å². The van der Waals surface area contributed by atoms with Crippen LogP contribution in [-0.4, -0.2) is 74.9 Å². The van der Waals surface area contributed by atoms with Crippen LogP contribution in [0.5, 0.6) is 0 Å². The lowest BCUT2D eigenvalue weighted by atomic mass is 10.1. The Kier molecular flexibility index (Phi) is 9.02. The minimum Gasteiger partial charge on any atom is -0.475 e. The van der Waals surface area contributed by atoms with Crippen molar-refractivity contribution in [1.82, 2.24) is 20.1 Å². The number of aliphatic carboxylic acids is 1. The van der Waals surface area contributed by atoms with Gasteiger partial charge in [0.2, 0.25) is 11.8 Å². The molecule has 0 aromatic carbocycles. The molecule has 0 spiro atoms. The number of carboxylic acid groups (broad SMARTS) is 1. The quantitative estimate of drug-likeness (QED) is 0.618. The summed E-state index contributed by atoms with van der Waals surface area (Å²) in [5, 5.41) is 11.9. The third-order valence-corrected chi connectivity index (χ3v) is 6.64. The molecular formula is C23H25F3N4O5S. The van der Waals surface area contributed by atoms with Crippen molar-refractivity contribution >= 4 is 35.0 Å². The monoisotopic (exact) mass is 526 g/mol. The van der Waals surface area contributed by atoms with E-state index in [1.54, 1.807) is 22.1 Å². The third kappa shape index (κ3) is 6.80. The maximum absolute atomic E-state index is 13.3. The minimum absolute atomic E-state index is 0.0915. The normalized spacial score (nSPS) is 19.4. The van der Waals surface area contributed by atoms with Gasteiger partial charge in [-0.05, 0) is 49.3 Å². The maximum atomic E-state index is 13.3. The van der Waals surface area contributed by atoms with Crippen LogP contribution in [0.2, 0.25) is 0 Å². The molecule has 36 heavy (non-hydrogen) atoms. The van der Waals surface area contributed by atoms with Crippen LogP contribution in [0.15, 0.2) is 41.9 Å². The van der Waals surface area contributed by atoms with E-state index in [1.807, 2.05) is 29.6 Å². The van der Waals surface area contributed by atoms with Crippen molar-refractivity contribution in [3.8, 4) is 0 Å². The van der Waals surface area contributed by atoms with E-state index >= 15 is 0 Å². The molecule has 0 saturated carbocycles. The summed E-state index contributed by atoms with van der Waals surface area (Å²) in [4.78, 5) is 55.9. The average Bonchev–Trinajstić information content (AvgIpc) is 3.63. The van der Waals surface area contributed by atoms with E-state index in [2.05, 4.69) is 10.3 Å². The predicted molar refractivity (Wildman–Crippen MR) is 123 cm³/mol. The second-order valence-electron chi connectivity index (χ2n) is 8.17. The molecule has 2 aliphatic heterocycles. The van der Waals surface area contributed by atoms with Gasteiger partial charge < -0.3 is 20.2 Å². The van der Waals surface area contributed by atoms with Crippen molar-refractivity contribution < 1.29 is 37.5 Å². The van der Waals surface area contributed by atoms with Crippen LogP contribution in [0.1, 0.15) is 41.0 Å². The lowest BCUT2D eigenvalue weighted by Crippen LogP contribution is -2.52. The number of hydrogen-bond donors (Lipinski definition) is 2. The average molecular weight is 527 g/mol. The highest BCUT2D eigenvalue weighted by atomic mass is 32.1. The van der Waals surface area contributed by atoms with E-state index < -0.39 is 24.2 Å². The maximum Gasteiger partial charge on any atom is 0.490 e. The first-order chi connectivity index (χ1) is 17.1. The minimum atomic E-state index is -5.08. The smallest absolute Gasteiger partial charge is 0.475 e. The Labute approximate surface area is 208 Å². The zero-order chi connectivity index (χ0) is 26.3. The van der Waals surface area contributed by atoms with E-state index in [1.165, 1.54) is 11.3 Å². The van der Waals surface area contributed by atoms with Gasteiger partial charge >= 0.3 is 12.1 Å². The van der Waals surface area contributed by atoms with Crippen LogP contribution in [0.25, 0.3) is 0 Å². The number of carboxylic acids is 1. The molecule has 9 nitrogen and oxygen atoms in total. The van der Waals surface area contributed by atoms with Crippen LogP contribution < -0.4 is 5.32 Å². The predicted octanol–water partition coefficient (Wildman–Crippen LogP) is 2.69. The molecule has 0 aliphatic carbocycles. The number of carbonyl (C=O) groups excluding carboxylic acids is 3. The fourth-order valence-corrected chi connectivity index (χ4v) is 4.78. The topological polar surface area (TPSA) is 120 Å². The largest absolute Gasteiger partial charge is 0.490 e. The first-order valence-corrected chi connectivity index (χ1v) is 12.1. The lowest BCUT2D eigenvalue weighted by Gasteiger charge is -2.30. The fourth-order valence-electron chi connectivity index (χ4n) is 4.10. The van der Waals surface area contributed by atoms with Crippen LogP contribution in [-0.2, 0) is 20.9 Å². The number of aromatic nitrogens is 1. The van der Waals surface area contributed by atoms with Gasteiger partial charge in [0.1, 0.15) is 12.1 Å². The standard InChI is InChI=1S/C21H24N4O3S.C2HF3O2/c26-19(23-14-15-6-1-2-10-22-15)16-7-3-11-24(16)20(27)17-8-4-12-25(17)21(28)18-9-5-13-29-18;3-2(4,5)1(6)7/h1-2,5-6,9-10,13,16-17H,3-4,7-8,11-12,14H2,(H,23,26);(H,6,7)/t16-,17-;/m0./s1. The molecule has 3 amide bonds. The number of amides is 3. The molecular weight excluding hydrogens is 501 g/mol. The first-order valence-electron chi connectivity index (χ1n) is 11.2. The Morgan fingerprint density at radius 1 is 1.03 bits per heavy atom.